The van der Waals surface area contributed by atoms with Crippen LogP contribution in [0, 0.1) is 12.0 Å². The van der Waals surface area contributed by atoms with Gasteiger partial charge in [-0.3, -0.25) is 9.59 Å². The number of nitrogens with zero attached hydrogens (tertiary/aromatic N) is 1. The van der Waals surface area contributed by atoms with Gasteiger partial charge in [0.25, 0.3) is 0 Å². The Hall–Kier alpha value is -1.88. The molecule has 105 valence electrons. The Labute approximate surface area is 117 Å². The van der Waals surface area contributed by atoms with Crippen molar-refractivity contribution in [2.45, 2.75) is 18.9 Å². The number of hydrogen-bond donors (Lipinski definition) is 1. The zero-order chi connectivity index (χ0) is 14.1. The van der Waals surface area contributed by atoms with Crippen molar-refractivity contribution in [3.8, 4) is 0 Å². The minimum atomic E-state index is -0.665. The maximum Gasteiger partial charge on any atom is 0.244 e. The van der Waals surface area contributed by atoms with Crippen LogP contribution in [0.15, 0.2) is 18.2 Å². The predicted molar refractivity (Wildman–Crippen MR) is 71.6 cm³/mol. The van der Waals surface area contributed by atoms with Crippen molar-refractivity contribution < 1.29 is 14.3 Å². The smallest absolute Gasteiger partial charge is 0.244 e. The van der Waals surface area contributed by atoms with Gasteiger partial charge in [-0.05, 0) is 30.0 Å². The monoisotopic (exact) mass is 273 g/mol. The third-order valence-electron chi connectivity index (χ3n) is 4.05. The molecule has 2 heterocycles. The first-order valence-electron chi connectivity index (χ1n) is 6.85. The van der Waals surface area contributed by atoms with Crippen LogP contribution in [0.3, 0.4) is 0 Å². The summed E-state index contributed by atoms with van der Waals surface area (Å²) in [5.41, 5.74) is 7.41. The predicted octanol–water partition coefficient (Wildman–Crippen LogP) is 0.434. The molecule has 0 aliphatic carbocycles. The molecule has 1 radical (unpaired) electrons. The highest BCUT2D eigenvalue weighted by Gasteiger charge is 2.38. The molecule has 2 amide bonds. The van der Waals surface area contributed by atoms with E-state index in [2.05, 4.69) is 6.07 Å². The van der Waals surface area contributed by atoms with Crippen LogP contribution in [0.1, 0.15) is 23.6 Å². The van der Waals surface area contributed by atoms with E-state index in [1.807, 2.05) is 12.1 Å². The summed E-state index contributed by atoms with van der Waals surface area (Å²) in [5, 5.41) is 0. The Morgan fingerprint density at radius 2 is 2.30 bits per heavy atom. The second-order valence-electron chi connectivity index (χ2n) is 5.27. The number of rotatable bonds is 2. The van der Waals surface area contributed by atoms with E-state index in [1.165, 1.54) is 0 Å². The molecule has 0 aromatic heterocycles. The topological polar surface area (TPSA) is 72.6 Å². The largest absolute Gasteiger partial charge is 0.381 e. The summed E-state index contributed by atoms with van der Waals surface area (Å²) >= 11 is 0. The number of carbonyl (C=O) groups is 2. The normalized spacial score (nSPS) is 25.3. The molecule has 2 unspecified atom stereocenters. The highest BCUT2D eigenvalue weighted by atomic mass is 16.5. The lowest BCUT2D eigenvalue weighted by molar-refractivity contribution is -0.143. The van der Waals surface area contributed by atoms with Gasteiger partial charge in [0, 0.05) is 13.2 Å². The Kier molecular flexibility index (Phi) is 3.44. The van der Waals surface area contributed by atoms with Gasteiger partial charge in [-0.1, -0.05) is 18.2 Å². The molecule has 1 saturated heterocycles. The van der Waals surface area contributed by atoms with Gasteiger partial charge >= 0.3 is 0 Å². The molecule has 0 bridgehead atoms. The lowest BCUT2D eigenvalue weighted by Crippen LogP contribution is -2.48. The average Bonchev–Trinajstić information content (AvgIpc) is 2.99. The summed E-state index contributed by atoms with van der Waals surface area (Å²) in [5.74, 6) is -0.650. The molecule has 3 rings (SSSR count). The number of fused-ring (bicyclic) bond motifs is 1. The van der Waals surface area contributed by atoms with E-state index >= 15 is 0 Å². The zero-order valence-corrected chi connectivity index (χ0v) is 11.2. The van der Waals surface area contributed by atoms with Gasteiger partial charge in [-0.15, -0.1) is 0 Å². The van der Waals surface area contributed by atoms with Crippen molar-refractivity contribution in [3.63, 3.8) is 0 Å². The minimum absolute atomic E-state index is 0.0233. The fourth-order valence-corrected chi connectivity index (χ4v) is 3.01. The minimum Gasteiger partial charge on any atom is -0.381 e. The lowest BCUT2D eigenvalue weighted by atomic mass is 9.91. The number of hydrogen-bond acceptors (Lipinski definition) is 3. The van der Waals surface area contributed by atoms with Crippen LogP contribution >= 0.6 is 0 Å². The molecule has 1 aromatic carbocycles. The van der Waals surface area contributed by atoms with Gasteiger partial charge in [0.05, 0.1) is 12.5 Å². The molecule has 5 heteroatoms. The summed E-state index contributed by atoms with van der Waals surface area (Å²) in [6.07, 6.45) is 1.45. The van der Waals surface area contributed by atoms with Crippen LogP contribution < -0.4 is 5.73 Å². The van der Waals surface area contributed by atoms with E-state index in [0.717, 1.165) is 24.0 Å². The molecule has 0 spiro atoms. The van der Waals surface area contributed by atoms with Crippen LogP contribution in [0.5, 0.6) is 0 Å². The molecule has 1 aromatic rings. The number of amides is 2. The summed E-state index contributed by atoms with van der Waals surface area (Å²) < 4.78 is 5.27. The number of ether oxygens (including phenoxy) is 1. The van der Waals surface area contributed by atoms with Gasteiger partial charge in [-0.25, -0.2) is 0 Å². The quantitative estimate of drug-likeness (QED) is 0.849. The zero-order valence-electron chi connectivity index (χ0n) is 11.2. The van der Waals surface area contributed by atoms with Crippen LogP contribution in [-0.4, -0.2) is 36.5 Å². The van der Waals surface area contributed by atoms with E-state index in [4.69, 9.17) is 10.5 Å². The van der Waals surface area contributed by atoms with Gasteiger partial charge in [-0.2, -0.15) is 0 Å². The summed E-state index contributed by atoms with van der Waals surface area (Å²) in [6.45, 7) is 1.57. The first kappa shape index (κ1) is 13.1. The van der Waals surface area contributed by atoms with Crippen LogP contribution in [0.2, 0.25) is 0 Å². The summed E-state index contributed by atoms with van der Waals surface area (Å²) in [6, 6.07) is 7.79. The van der Waals surface area contributed by atoms with Crippen molar-refractivity contribution in [2.24, 2.45) is 11.7 Å². The molecule has 20 heavy (non-hydrogen) atoms. The third-order valence-corrected chi connectivity index (χ3v) is 4.05. The van der Waals surface area contributed by atoms with Crippen molar-refractivity contribution in [2.75, 3.05) is 19.8 Å². The summed E-state index contributed by atoms with van der Waals surface area (Å²) in [4.78, 5) is 26.0. The van der Waals surface area contributed by atoms with E-state index < -0.39 is 11.9 Å². The number of nitrogens with two attached hydrogens (primary N) is 1. The maximum atomic E-state index is 12.6. The second-order valence-corrected chi connectivity index (χ2v) is 5.27. The molecule has 5 nitrogen and oxygen atoms in total. The van der Waals surface area contributed by atoms with E-state index in [0.29, 0.717) is 19.8 Å². The van der Waals surface area contributed by atoms with E-state index in [-0.39, 0.29) is 11.8 Å². The van der Waals surface area contributed by atoms with Gasteiger partial charge in [0.15, 0.2) is 0 Å². The lowest BCUT2D eigenvalue weighted by Gasteiger charge is -2.36. The number of carbonyl (C=O) groups excluding carboxylic acids is 2. The van der Waals surface area contributed by atoms with E-state index in [1.54, 1.807) is 11.0 Å². The summed E-state index contributed by atoms with van der Waals surface area (Å²) in [7, 11) is 0. The number of primary amides is 1. The fraction of sp³-hybridized carbons (Fsp3) is 0.467. The fourth-order valence-electron chi connectivity index (χ4n) is 3.01. The molecule has 2 aliphatic rings. The maximum absolute atomic E-state index is 12.6. The molecular weight excluding hydrogens is 256 g/mol. The molecule has 2 N–H and O–H groups in total. The van der Waals surface area contributed by atoms with Crippen LogP contribution in [0.25, 0.3) is 0 Å². The number of benzene rings is 1. The van der Waals surface area contributed by atoms with Crippen molar-refractivity contribution in [1.82, 2.24) is 4.90 Å². The van der Waals surface area contributed by atoms with Crippen molar-refractivity contribution >= 4 is 11.8 Å². The van der Waals surface area contributed by atoms with Crippen LogP contribution in [0.4, 0.5) is 0 Å². The van der Waals surface area contributed by atoms with Gasteiger partial charge in [0.1, 0.15) is 6.04 Å². The van der Waals surface area contributed by atoms with E-state index in [9.17, 15) is 9.59 Å². The highest BCUT2D eigenvalue weighted by molar-refractivity contribution is 5.89. The second kappa shape index (κ2) is 5.25. The van der Waals surface area contributed by atoms with Gasteiger partial charge < -0.3 is 15.4 Å². The van der Waals surface area contributed by atoms with Gasteiger partial charge in [0.2, 0.25) is 11.8 Å². The Morgan fingerprint density at radius 1 is 1.45 bits per heavy atom. The first-order valence-corrected chi connectivity index (χ1v) is 6.85. The molecule has 0 saturated carbocycles. The standard InChI is InChI=1S/C15H17N2O3/c16-14(18)13-12-4-2-1-3-10(12)5-7-17(13)15(19)11-6-8-20-9-11/h2-4,11,13H,5-9H2,(H2,16,18). The molecule has 1 fully saturated rings. The third kappa shape index (κ3) is 2.18. The Morgan fingerprint density at radius 3 is 3.00 bits per heavy atom. The van der Waals surface area contributed by atoms with Crippen molar-refractivity contribution in [1.29, 1.82) is 0 Å². The Bertz CT molecular complexity index is 538. The molecular formula is C15H17N2O3. The molecule has 2 atom stereocenters. The Balaban J connectivity index is 1.92. The average molecular weight is 273 g/mol. The highest BCUT2D eigenvalue weighted by Crippen LogP contribution is 2.31. The first-order chi connectivity index (χ1) is 9.68. The van der Waals surface area contributed by atoms with Crippen LogP contribution in [-0.2, 0) is 20.7 Å². The van der Waals surface area contributed by atoms with Crippen molar-refractivity contribution in [3.05, 3.63) is 35.4 Å². The molecule has 2 aliphatic heterocycles. The SMILES string of the molecule is NC(=O)C1c2cc[c]cc2CCN1C(=O)C1CCOC1.